The quantitative estimate of drug-likeness (QED) is 0.647. The van der Waals surface area contributed by atoms with E-state index in [1.165, 1.54) is 25.7 Å². The lowest BCUT2D eigenvalue weighted by atomic mass is 10.3. The van der Waals surface area contributed by atoms with Crippen molar-refractivity contribution in [1.29, 1.82) is 0 Å². The standard InChI is InChI=1S/C13H24N4S2/c1-5-7-9-17(10-8-6-2)11-14-12(18-3)16-13(15-11)19-4/h5-10H2,1-4H3. The second-order valence-corrected chi connectivity index (χ2v) is 5.85. The van der Waals surface area contributed by atoms with Crippen LogP contribution in [0.2, 0.25) is 0 Å². The molecular weight excluding hydrogens is 276 g/mol. The fourth-order valence-electron chi connectivity index (χ4n) is 1.66. The maximum atomic E-state index is 4.56. The van der Waals surface area contributed by atoms with E-state index >= 15 is 0 Å². The molecule has 0 saturated carbocycles. The van der Waals surface area contributed by atoms with Crippen LogP contribution in [0.1, 0.15) is 39.5 Å². The van der Waals surface area contributed by atoms with Gasteiger partial charge < -0.3 is 4.90 Å². The van der Waals surface area contributed by atoms with Gasteiger partial charge in [0.2, 0.25) is 5.95 Å². The minimum Gasteiger partial charge on any atom is -0.341 e. The third-order valence-electron chi connectivity index (χ3n) is 2.79. The van der Waals surface area contributed by atoms with Gasteiger partial charge in [-0.3, -0.25) is 0 Å². The lowest BCUT2D eigenvalue weighted by Crippen LogP contribution is -2.28. The largest absolute Gasteiger partial charge is 0.341 e. The summed E-state index contributed by atoms with van der Waals surface area (Å²) in [5, 5.41) is 1.62. The normalized spacial score (nSPS) is 10.7. The lowest BCUT2D eigenvalue weighted by Gasteiger charge is -2.22. The van der Waals surface area contributed by atoms with Gasteiger partial charge in [0.05, 0.1) is 0 Å². The first kappa shape index (κ1) is 16.6. The Morgan fingerprint density at radius 1 is 0.842 bits per heavy atom. The van der Waals surface area contributed by atoms with Crippen LogP contribution in [0, 0.1) is 0 Å². The zero-order valence-electron chi connectivity index (χ0n) is 12.3. The van der Waals surface area contributed by atoms with Crippen LogP contribution in [0.15, 0.2) is 10.3 Å². The van der Waals surface area contributed by atoms with E-state index in [4.69, 9.17) is 0 Å². The van der Waals surface area contributed by atoms with Gasteiger partial charge in [-0.25, -0.2) is 0 Å². The average Bonchev–Trinajstić information content (AvgIpc) is 2.46. The van der Waals surface area contributed by atoms with E-state index in [0.29, 0.717) is 0 Å². The van der Waals surface area contributed by atoms with Crippen LogP contribution in [0.3, 0.4) is 0 Å². The molecule has 6 heteroatoms. The SMILES string of the molecule is CCCCN(CCCC)c1nc(SC)nc(SC)n1. The number of unbranched alkanes of at least 4 members (excludes halogenated alkanes) is 2. The zero-order chi connectivity index (χ0) is 14.1. The summed E-state index contributed by atoms with van der Waals surface area (Å²) in [5.41, 5.74) is 0. The molecule has 108 valence electrons. The highest BCUT2D eigenvalue weighted by atomic mass is 32.2. The zero-order valence-corrected chi connectivity index (χ0v) is 14.0. The van der Waals surface area contributed by atoms with Crippen molar-refractivity contribution in [2.45, 2.75) is 49.8 Å². The predicted octanol–water partition coefficient (Wildman–Crippen LogP) is 3.72. The molecule has 0 fully saturated rings. The fraction of sp³-hybridized carbons (Fsp3) is 0.769. The Labute approximate surface area is 125 Å². The topological polar surface area (TPSA) is 41.9 Å². The molecule has 0 atom stereocenters. The third-order valence-corrected chi connectivity index (χ3v) is 3.89. The summed E-state index contributed by atoms with van der Waals surface area (Å²) >= 11 is 3.15. The van der Waals surface area contributed by atoms with Crippen molar-refractivity contribution in [3.05, 3.63) is 0 Å². The van der Waals surface area contributed by atoms with Crippen molar-refractivity contribution < 1.29 is 0 Å². The predicted molar refractivity (Wildman–Crippen MR) is 85.4 cm³/mol. The third kappa shape index (κ3) is 5.57. The van der Waals surface area contributed by atoms with E-state index in [9.17, 15) is 0 Å². The number of nitrogens with zero attached hydrogens (tertiary/aromatic N) is 4. The van der Waals surface area contributed by atoms with E-state index < -0.39 is 0 Å². The summed E-state index contributed by atoms with van der Waals surface area (Å²) in [6.07, 6.45) is 8.76. The Kier molecular flexibility index (Phi) is 8.21. The maximum Gasteiger partial charge on any atom is 0.230 e. The van der Waals surface area contributed by atoms with Crippen molar-refractivity contribution in [2.75, 3.05) is 30.5 Å². The molecule has 1 rings (SSSR count). The Hall–Kier alpha value is -0.490. The smallest absolute Gasteiger partial charge is 0.230 e. The van der Waals surface area contributed by atoms with Gasteiger partial charge in [0, 0.05) is 13.1 Å². The summed E-state index contributed by atoms with van der Waals surface area (Å²) in [6, 6.07) is 0. The Morgan fingerprint density at radius 2 is 1.32 bits per heavy atom. The summed E-state index contributed by atoms with van der Waals surface area (Å²) in [4.78, 5) is 15.8. The second-order valence-electron chi connectivity index (χ2n) is 4.30. The molecule has 1 aromatic heterocycles. The second kappa shape index (κ2) is 9.42. The van der Waals surface area contributed by atoms with Crippen LogP contribution in [0.5, 0.6) is 0 Å². The van der Waals surface area contributed by atoms with Gasteiger partial charge in [0.25, 0.3) is 0 Å². The molecule has 1 heterocycles. The van der Waals surface area contributed by atoms with E-state index in [-0.39, 0.29) is 0 Å². The highest BCUT2D eigenvalue weighted by molar-refractivity contribution is 7.99. The fourth-order valence-corrected chi connectivity index (χ4v) is 2.42. The average molecular weight is 300 g/mol. The van der Waals surface area contributed by atoms with Crippen molar-refractivity contribution in [1.82, 2.24) is 15.0 Å². The maximum absolute atomic E-state index is 4.56. The number of hydrogen-bond donors (Lipinski definition) is 0. The Bertz CT molecular complexity index is 343. The van der Waals surface area contributed by atoms with E-state index in [0.717, 1.165) is 29.4 Å². The Morgan fingerprint density at radius 3 is 1.68 bits per heavy atom. The molecule has 0 radical (unpaired) electrons. The summed E-state index contributed by atoms with van der Waals surface area (Å²) in [7, 11) is 0. The van der Waals surface area contributed by atoms with Crippen LogP contribution in [0.4, 0.5) is 5.95 Å². The summed E-state index contributed by atoms with van der Waals surface area (Å²) in [6.45, 7) is 6.49. The van der Waals surface area contributed by atoms with Gasteiger partial charge in [0.15, 0.2) is 10.3 Å². The van der Waals surface area contributed by atoms with Crippen molar-refractivity contribution in [2.24, 2.45) is 0 Å². The molecule has 0 unspecified atom stereocenters. The summed E-state index contributed by atoms with van der Waals surface area (Å²) in [5.74, 6) is 0.839. The van der Waals surface area contributed by atoms with Crippen molar-refractivity contribution in [3.63, 3.8) is 0 Å². The molecule has 0 aliphatic heterocycles. The molecular formula is C13H24N4S2. The van der Waals surface area contributed by atoms with Crippen LogP contribution in [-0.4, -0.2) is 40.6 Å². The first-order valence-electron chi connectivity index (χ1n) is 6.84. The van der Waals surface area contributed by atoms with Gasteiger partial charge in [0.1, 0.15) is 0 Å². The number of aromatic nitrogens is 3. The molecule has 0 spiro atoms. The minimum absolute atomic E-state index is 0.812. The van der Waals surface area contributed by atoms with Gasteiger partial charge in [-0.2, -0.15) is 15.0 Å². The van der Waals surface area contributed by atoms with Crippen LogP contribution >= 0.6 is 23.5 Å². The first-order valence-corrected chi connectivity index (χ1v) is 9.29. The summed E-state index contributed by atoms with van der Waals surface area (Å²) < 4.78 is 0. The van der Waals surface area contributed by atoms with Gasteiger partial charge in [-0.05, 0) is 25.4 Å². The van der Waals surface area contributed by atoms with Gasteiger partial charge in [-0.15, -0.1) is 0 Å². The minimum atomic E-state index is 0.812. The molecule has 0 aliphatic rings. The molecule has 0 amide bonds. The number of hydrogen-bond acceptors (Lipinski definition) is 6. The van der Waals surface area contributed by atoms with Crippen LogP contribution < -0.4 is 4.90 Å². The molecule has 1 aromatic rings. The Balaban J connectivity index is 2.91. The van der Waals surface area contributed by atoms with E-state index in [1.54, 1.807) is 23.5 Å². The van der Waals surface area contributed by atoms with Crippen molar-refractivity contribution >= 4 is 29.5 Å². The molecule has 0 aromatic carbocycles. The van der Waals surface area contributed by atoms with E-state index in [2.05, 4.69) is 33.7 Å². The number of thioether (sulfide) groups is 2. The van der Waals surface area contributed by atoms with E-state index in [1.807, 2.05) is 12.5 Å². The van der Waals surface area contributed by atoms with Gasteiger partial charge in [-0.1, -0.05) is 50.2 Å². The van der Waals surface area contributed by atoms with Gasteiger partial charge >= 0.3 is 0 Å². The van der Waals surface area contributed by atoms with Crippen LogP contribution in [-0.2, 0) is 0 Å². The van der Waals surface area contributed by atoms with Crippen LogP contribution in [0.25, 0.3) is 0 Å². The molecule has 0 saturated heterocycles. The molecule has 0 bridgehead atoms. The molecule has 4 nitrogen and oxygen atoms in total. The highest BCUT2D eigenvalue weighted by Gasteiger charge is 2.12. The molecule has 0 aliphatic carbocycles. The van der Waals surface area contributed by atoms with Crippen molar-refractivity contribution in [3.8, 4) is 0 Å². The number of rotatable bonds is 9. The molecule has 19 heavy (non-hydrogen) atoms. The molecule has 0 N–H and O–H groups in total. The monoisotopic (exact) mass is 300 g/mol. The first-order chi connectivity index (χ1) is 9.24. The number of anilines is 1. The lowest BCUT2D eigenvalue weighted by molar-refractivity contribution is 0.645. The highest BCUT2D eigenvalue weighted by Crippen LogP contribution is 2.19.